The van der Waals surface area contributed by atoms with Crippen LogP contribution in [0.25, 0.3) is 22.6 Å². The SMILES string of the molecule is Cn1c(N)c(C(=O)COC(=O)c2c3c(nc4ccccc24)C(=Cc2ccc4c(c2)OCO4)CC3)c(=O)n(C)c1=O. The molecule has 0 spiro atoms. The summed E-state index contributed by atoms with van der Waals surface area (Å²) in [6, 6.07) is 12.9. The van der Waals surface area contributed by atoms with E-state index in [2.05, 4.69) is 0 Å². The third kappa shape index (κ3) is 4.03. The van der Waals surface area contributed by atoms with Crippen LogP contribution in [0.3, 0.4) is 0 Å². The number of carbonyl (C=O) groups is 2. The molecule has 11 heteroatoms. The highest BCUT2D eigenvalue weighted by molar-refractivity contribution is 6.08. The number of nitrogens with two attached hydrogens (primary N) is 1. The normalized spacial score (nSPS) is 14.5. The fourth-order valence-electron chi connectivity index (χ4n) is 5.11. The van der Waals surface area contributed by atoms with E-state index >= 15 is 0 Å². The number of ether oxygens (including phenoxy) is 3. The van der Waals surface area contributed by atoms with Gasteiger partial charge in [-0.1, -0.05) is 24.3 Å². The lowest BCUT2D eigenvalue weighted by Crippen LogP contribution is -2.42. The zero-order valence-corrected chi connectivity index (χ0v) is 21.7. The number of nitrogen functional groups attached to an aromatic ring is 1. The van der Waals surface area contributed by atoms with Gasteiger partial charge in [-0.25, -0.2) is 14.6 Å². The van der Waals surface area contributed by atoms with Gasteiger partial charge >= 0.3 is 11.7 Å². The summed E-state index contributed by atoms with van der Waals surface area (Å²) in [7, 11) is 2.59. The Labute approximate surface area is 227 Å². The molecule has 4 aromatic rings. The second-order valence-electron chi connectivity index (χ2n) is 9.58. The minimum Gasteiger partial charge on any atom is -0.454 e. The maximum Gasteiger partial charge on any atom is 0.339 e. The average Bonchev–Trinajstić information content (AvgIpc) is 3.59. The quantitative estimate of drug-likeness (QED) is 0.298. The van der Waals surface area contributed by atoms with E-state index in [0.717, 1.165) is 25.8 Å². The summed E-state index contributed by atoms with van der Waals surface area (Å²) < 4.78 is 18.1. The molecule has 0 saturated carbocycles. The molecule has 0 atom stereocenters. The summed E-state index contributed by atoms with van der Waals surface area (Å²) in [4.78, 5) is 55.9. The van der Waals surface area contributed by atoms with Gasteiger partial charge in [-0.05, 0) is 53.8 Å². The van der Waals surface area contributed by atoms with Gasteiger partial charge in [0.2, 0.25) is 12.6 Å². The molecular formula is C29H24N4O7. The molecule has 0 radical (unpaired) electrons. The van der Waals surface area contributed by atoms with Crippen LogP contribution in [0.1, 0.15) is 44.0 Å². The monoisotopic (exact) mass is 540 g/mol. The van der Waals surface area contributed by atoms with Gasteiger partial charge in [0.25, 0.3) is 5.56 Å². The lowest BCUT2D eigenvalue weighted by Gasteiger charge is -2.13. The van der Waals surface area contributed by atoms with Crippen LogP contribution in [0.4, 0.5) is 5.82 Å². The standard InChI is InChI=1S/C29H24N4O7/c1-32-26(30)24(27(35)33(2)29(32)37)20(34)13-38-28(36)23-17-5-3-4-6-19(17)31-25-16(8-9-18(23)25)11-15-7-10-21-22(12-15)40-14-39-21/h3-7,10-12H,8-9,13-14,30H2,1-2H3. The van der Waals surface area contributed by atoms with Gasteiger partial charge in [-0.2, -0.15) is 0 Å². The molecule has 3 heterocycles. The predicted octanol–water partition coefficient (Wildman–Crippen LogP) is 2.47. The van der Waals surface area contributed by atoms with E-state index in [9.17, 15) is 19.2 Å². The molecule has 11 nitrogen and oxygen atoms in total. The van der Waals surface area contributed by atoms with Gasteiger partial charge in [-0.15, -0.1) is 0 Å². The molecular weight excluding hydrogens is 516 g/mol. The number of aromatic nitrogens is 3. The first kappa shape index (κ1) is 25.1. The van der Waals surface area contributed by atoms with Crippen LogP contribution in [0.15, 0.2) is 52.1 Å². The number of carbonyl (C=O) groups excluding carboxylic acids is 2. The third-order valence-corrected chi connectivity index (χ3v) is 7.21. The van der Waals surface area contributed by atoms with Gasteiger partial charge in [-0.3, -0.25) is 18.7 Å². The number of hydrogen-bond acceptors (Lipinski definition) is 9. The van der Waals surface area contributed by atoms with E-state index in [-0.39, 0.29) is 12.6 Å². The van der Waals surface area contributed by atoms with Crippen molar-refractivity contribution in [1.29, 1.82) is 0 Å². The second kappa shape index (κ2) is 9.53. The van der Waals surface area contributed by atoms with Crippen LogP contribution < -0.4 is 26.5 Å². The van der Waals surface area contributed by atoms with Crippen LogP contribution in [0.5, 0.6) is 11.5 Å². The van der Waals surface area contributed by atoms with Crippen molar-refractivity contribution in [1.82, 2.24) is 14.1 Å². The summed E-state index contributed by atoms with van der Waals surface area (Å²) in [6.45, 7) is -0.537. The van der Waals surface area contributed by atoms with E-state index in [0.29, 0.717) is 46.5 Å². The topological polar surface area (TPSA) is 145 Å². The molecule has 0 unspecified atom stereocenters. The number of rotatable bonds is 5. The number of pyridine rings is 1. The summed E-state index contributed by atoms with van der Waals surface area (Å²) in [5.41, 5.74) is 8.16. The minimum absolute atomic E-state index is 0.184. The number of fused-ring (bicyclic) bond motifs is 3. The van der Waals surface area contributed by atoms with Crippen molar-refractivity contribution >= 4 is 40.1 Å². The number of hydrogen-bond donors (Lipinski definition) is 1. The Hall–Kier alpha value is -5.19. The van der Waals surface area contributed by atoms with Gasteiger partial charge in [0.1, 0.15) is 11.4 Å². The van der Waals surface area contributed by atoms with Gasteiger partial charge in [0, 0.05) is 19.5 Å². The minimum atomic E-state index is -0.852. The van der Waals surface area contributed by atoms with Gasteiger partial charge in [0.15, 0.2) is 18.1 Å². The number of nitrogens with zero attached hydrogens (tertiary/aromatic N) is 3. The lowest BCUT2D eigenvalue weighted by atomic mass is 10.0. The van der Waals surface area contributed by atoms with Crippen molar-refractivity contribution in [2.75, 3.05) is 19.1 Å². The number of allylic oxidation sites excluding steroid dienone is 1. The number of anilines is 1. The van der Waals surface area contributed by atoms with Crippen LogP contribution in [0.2, 0.25) is 0 Å². The Balaban J connectivity index is 1.35. The molecule has 202 valence electrons. The van der Waals surface area contributed by atoms with Crippen molar-refractivity contribution in [3.63, 3.8) is 0 Å². The van der Waals surface area contributed by atoms with Crippen molar-refractivity contribution < 1.29 is 23.8 Å². The molecule has 1 aliphatic carbocycles. The Morgan fingerprint density at radius 2 is 1.80 bits per heavy atom. The zero-order valence-electron chi connectivity index (χ0n) is 21.7. The van der Waals surface area contributed by atoms with E-state index in [1.54, 1.807) is 12.1 Å². The fourth-order valence-corrected chi connectivity index (χ4v) is 5.11. The lowest BCUT2D eigenvalue weighted by molar-refractivity contribution is 0.0475. The van der Waals surface area contributed by atoms with Crippen LogP contribution in [-0.2, 0) is 25.3 Å². The number of ketones is 1. The highest BCUT2D eigenvalue weighted by Crippen LogP contribution is 2.39. The first-order valence-electron chi connectivity index (χ1n) is 12.5. The van der Waals surface area contributed by atoms with E-state index in [1.165, 1.54) is 14.1 Å². The predicted molar refractivity (Wildman–Crippen MR) is 146 cm³/mol. The first-order chi connectivity index (χ1) is 19.2. The number of Topliss-reactive ketones (excluding diaryl/α,β-unsaturated/α-hetero) is 1. The Kier molecular flexibility index (Phi) is 5.98. The largest absolute Gasteiger partial charge is 0.454 e. The molecule has 40 heavy (non-hydrogen) atoms. The molecule has 2 aliphatic rings. The molecule has 6 rings (SSSR count). The number of esters is 1. The van der Waals surface area contributed by atoms with Crippen molar-refractivity contribution in [2.24, 2.45) is 14.1 Å². The van der Waals surface area contributed by atoms with Crippen molar-refractivity contribution in [3.8, 4) is 11.5 Å². The molecule has 0 fully saturated rings. The zero-order chi connectivity index (χ0) is 28.1. The van der Waals surface area contributed by atoms with Crippen LogP contribution in [-0.4, -0.2) is 39.3 Å². The van der Waals surface area contributed by atoms with Crippen LogP contribution >= 0.6 is 0 Å². The first-order valence-corrected chi connectivity index (χ1v) is 12.5. The summed E-state index contributed by atoms with van der Waals surface area (Å²) in [5.74, 6) is -0.451. The summed E-state index contributed by atoms with van der Waals surface area (Å²) in [5, 5.41) is 0.598. The smallest absolute Gasteiger partial charge is 0.339 e. The highest BCUT2D eigenvalue weighted by Gasteiger charge is 2.29. The molecule has 0 amide bonds. The number of para-hydroxylation sites is 1. The summed E-state index contributed by atoms with van der Waals surface area (Å²) >= 11 is 0. The summed E-state index contributed by atoms with van der Waals surface area (Å²) in [6.07, 6.45) is 3.21. The van der Waals surface area contributed by atoms with E-state index < -0.39 is 35.2 Å². The Bertz CT molecular complexity index is 1900. The Morgan fingerprint density at radius 3 is 2.62 bits per heavy atom. The molecule has 0 bridgehead atoms. The molecule has 1 aliphatic heterocycles. The maximum atomic E-state index is 13.5. The molecule has 2 N–H and O–H groups in total. The van der Waals surface area contributed by atoms with E-state index in [1.807, 2.05) is 36.4 Å². The maximum absolute atomic E-state index is 13.5. The van der Waals surface area contributed by atoms with Gasteiger partial charge < -0.3 is 19.9 Å². The van der Waals surface area contributed by atoms with Gasteiger partial charge in [0.05, 0.1) is 16.8 Å². The third-order valence-electron chi connectivity index (χ3n) is 7.21. The second-order valence-corrected chi connectivity index (χ2v) is 9.58. The highest BCUT2D eigenvalue weighted by atomic mass is 16.7. The average molecular weight is 541 g/mol. The van der Waals surface area contributed by atoms with E-state index in [4.69, 9.17) is 24.9 Å². The molecule has 0 saturated heterocycles. The Morgan fingerprint density at radius 1 is 1.02 bits per heavy atom. The number of benzene rings is 2. The molecule has 2 aromatic carbocycles. The van der Waals surface area contributed by atoms with Crippen molar-refractivity contribution in [2.45, 2.75) is 12.8 Å². The fraction of sp³-hybridized carbons (Fsp3) is 0.207. The van der Waals surface area contributed by atoms with Crippen molar-refractivity contribution in [3.05, 3.63) is 91.3 Å². The van der Waals surface area contributed by atoms with Crippen LogP contribution in [0, 0.1) is 0 Å². The molecule has 2 aromatic heterocycles.